The molecule has 0 radical (unpaired) electrons. The van der Waals surface area contributed by atoms with E-state index in [0.29, 0.717) is 19.4 Å². The molecule has 1 unspecified atom stereocenters. The Bertz CT molecular complexity index is 524. The van der Waals surface area contributed by atoms with Crippen LogP contribution in [0.5, 0.6) is 0 Å². The van der Waals surface area contributed by atoms with Gasteiger partial charge in [0.25, 0.3) is 0 Å². The fourth-order valence-corrected chi connectivity index (χ4v) is 6.59. The molecule has 1 heterocycles. The lowest BCUT2D eigenvalue weighted by Crippen LogP contribution is -2.50. The predicted octanol–water partition coefficient (Wildman–Crippen LogP) is 2.69. The van der Waals surface area contributed by atoms with Crippen LogP contribution in [0.25, 0.3) is 0 Å². The normalized spacial score (nSPS) is 22.9. The van der Waals surface area contributed by atoms with Gasteiger partial charge in [-0.1, -0.05) is 40.0 Å². The number of nitrogens with one attached hydrogen (secondary N) is 2. The maximum Gasteiger partial charge on any atom is 0.238 e. The van der Waals surface area contributed by atoms with Crippen molar-refractivity contribution in [3.8, 4) is 0 Å². The molecule has 2 fully saturated rings. The molecule has 0 bridgehead atoms. The standard InChI is InChI=1S/C18H34N2O3S.ClH/c1-14(2)16(24(22,23)15-7-5-4-6-8-15)17(21)20-13-18(3)9-11-19-12-10-18;/h14-16,19H,4-13H2,1-3H3,(H,20,21);1H. The Morgan fingerprint density at radius 2 is 1.72 bits per heavy atom. The van der Waals surface area contributed by atoms with Gasteiger partial charge < -0.3 is 10.6 Å². The van der Waals surface area contributed by atoms with Crippen LogP contribution in [0.2, 0.25) is 0 Å². The highest BCUT2D eigenvalue weighted by Gasteiger charge is 2.41. The molecule has 1 atom stereocenters. The Balaban J connectivity index is 0.00000312. The molecule has 7 heteroatoms. The van der Waals surface area contributed by atoms with Gasteiger partial charge in [-0.3, -0.25) is 4.79 Å². The number of hydrogen-bond acceptors (Lipinski definition) is 4. The van der Waals surface area contributed by atoms with Crippen molar-refractivity contribution in [2.75, 3.05) is 19.6 Å². The molecule has 25 heavy (non-hydrogen) atoms. The first-order valence-corrected chi connectivity index (χ1v) is 11.1. The van der Waals surface area contributed by atoms with Crippen LogP contribution in [-0.2, 0) is 14.6 Å². The molecule has 0 aromatic carbocycles. The van der Waals surface area contributed by atoms with E-state index < -0.39 is 15.1 Å². The summed E-state index contributed by atoms with van der Waals surface area (Å²) in [6.45, 7) is 8.35. The monoisotopic (exact) mass is 394 g/mol. The summed E-state index contributed by atoms with van der Waals surface area (Å²) in [6, 6.07) is 0. The molecular weight excluding hydrogens is 360 g/mol. The van der Waals surface area contributed by atoms with E-state index in [2.05, 4.69) is 17.6 Å². The van der Waals surface area contributed by atoms with Gasteiger partial charge in [0, 0.05) is 6.54 Å². The summed E-state index contributed by atoms with van der Waals surface area (Å²) < 4.78 is 26.1. The number of carbonyl (C=O) groups is 1. The maximum atomic E-state index is 13.0. The summed E-state index contributed by atoms with van der Waals surface area (Å²) in [7, 11) is -3.42. The van der Waals surface area contributed by atoms with E-state index in [-0.39, 0.29) is 34.9 Å². The van der Waals surface area contributed by atoms with Gasteiger partial charge in [-0.15, -0.1) is 12.4 Å². The van der Waals surface area contributed by atoms with E-state index in [1.54, 1.807) is 0 Å². The molecule has 0 spiro atoms. The molecule has 5 nitrogen and oxygen atoms in total. The van der Waals surface area contributed by atoms with E-state index >= 15 is 0 Å². The number of sulfone groups is 1. The quantitative estimate of drug-likeness (QED) is 0.726. The van der Waals surface area contributed by atoms with E-state index in [0.717, 1.165) is 45.2 Å². The van der Waals surface area contributed by atoms with E-state index in [1.165, 1.54) is 0 Å². The number of halogens is 1. The van der Waals surface area contributed by atoms with Crippen molar-refractivity contribution in [1.29, 1.82) is 0 Å². The second-order valence-electron chi connectivity index (χ2n) is 8.29. The minimum atomic E-state index is -3.42. The van der Waals surface area contributed by atoms with Crippen LogP contribution >= 0.6 is 12.4 Å². The topological polar surface area (TPSA) is 75.3 Å². The van der Waals surface area contributed by atoms with Crippen LogP contribution in [0.3, 0.4) is 0 Å². The number of piperidine rings is 1. The lowest BCUT2D eigenvalue weighted by atomic mass is 9.81. The molecule has 2 aliphatic rings. The molecule has 2 rings (SSSR count). The minimum absolute atomic E-state index is 0. The van der Waals surface area contributed by atoms with Crippen molar-refractivity contribution >= 4 is 28.2 Å². The smallest absolute Gasteiger partial charge is 0.238 e. The molecule has 1 aliphatic heterocycles. The Morgan fingerprint density at radius 3 is 2.24 bits per heavy atom. The van der Waals surface area contributed by atoms with Crippen LogP contribution in [-0.4, -0.2) is 44.5 Å². The van der Waals surface area contributed by atoms with Crippen molar-refractivity contribution < 1.29 is 13.2 Å². The van der Waals surface area contributed by atoms with Crippen molar-refractivity contribution in [2.24, 2.45) is 11.3 Å². The minimum Gasteiger partial charge on any atom is -0.354 e. The Morgan fingerprint density at radius 1 is 1.16 bits per heavy atom. The van der Waals surface area contributed by atoms with Crippen LogP contribution in [0.15, 0.2) is 0 Å². The number of amides is 1. The van der Waals surface area contributed by atoms with Gasteiger partial charge in [-0.2, -0.15) is 0 Å². The van der Waals surface area contributed by atoms with Gasteiger partial charge in [0.05, 0.1) is 5.25 Å². The van der Waals surface area contributed by atoms with Gasteiger partial charge >= 0.3 is 0 Å². The fraction of sp³-hybridized carbons (Fsp3) is 0.944. The fourth-order valence-electron chi connectivity index (χ4n) is 4.04. The lowest BCUT2D eigenvalue weighted by Gasteiger charge is -2.35. The Labute approximate surface area is 159 Å². The second-order valence-corrected chi connectivity index (χ2v) is 10.6. The van der Waals surface area contributed by atoms with Crippen LogP contribution in [0.1, 0.15) is 65.7 Å². The molecule has 1 saturated carbocycles. The van der Waals surface area contributed by atoms with Gasteiger partial charge in [0.15, 0.2) is 9.84 Å². The highest BCUT2D eigenvalue weighted by Crippen LogP contribution is 2.30. The lowest BCUT2D eigenvalue weighted by molar-refractivity contribution is -0.122. The molecule has 1 amide bonds. The van der Waals surface area contributed by atoms with E-state index in [1.807, 2.05) is 13.8 Å². The van der Waals surface area contributed by atoms with Crippen LogP contribution in [0, 0.1) is 11.3 Å². The number of hydrogen-bond donors (Lipinski definition) is 2. The van der Waals surface area contributed by atoms with Gasteiger partial charge in [0.2, 0.25) is 5.91 Å². The molecule has 0 aromatic rings. The first kappa shape index (κ1) is 22.7. The van der Waals surface area contributed by atoms with Crippen molar-refractivity contribution in [1.82, 2.24) is 10.6 Å². The van der Waals surface area contributed by atoms with Crippen molar-refractivity contribution in [3.63, 3.8) is 0 Å². The Hall–Kier alpha value is -0.330. The highest BCUT2D eigenvalue weighted by molar-refractivity contribution is 7.93. The summed E-state index contributed by atoms with van der Waals surface area (Å²) in [6.07, 6.45) is 6.47. The van der Waals surface area contributed by atoms with Gasteiger partial charge in [-0.25, -0.2) is 8.42 Å². The molecule has 148 valence electrons. The van der Waals surface area contributed by atoms with Gasteiger partial charge in [-0.05, 0) is 50.1 Å². The van der Waals surface area contributed by atoms with Crippen molar-refractivity contribution in [2.45, 2.75) is 76.2 Å². The third kappa shape index (κ3) is 5.83. The second kappa shape index (κ2) is 9.56. The Kier molecular flexibility index (Phi) is 8.69. The maximum absolute atomic E-state index is 13.0. The molecule has 0 aromatic heterocycles. The average molecular weight is 395 g/mol. The molecular formula is C18H35ClN2O3S. The van der Waals surface area contributed by atoms with E-state index in [4.69, 9.17) is 0 Å². The largest absolute Gasteiger partial charge is 0.354 e. The molecule has 2 N–H and O–H groups in total. The average Bonchev–Trinajstić information content (AvgIpc) is 2.54. The van der Waals surface area contributed by atoms with Gasteiger partial charge in [0.1, 0.15) is 5.25 Å². The van der Waals surface area contributed by atoms with Crippen LogP contribution < -0.4 is 10.6 Å². The zero-order valence-electron chi connectivity index (χ0n) is 15.8. The predicted molar refractivity (Wildman–Crippen MR) is 105 cm³/mol. The summed E-state index contributed by atoms with van der Waals surface area (Å²) >= 11 is 0. The van der Waals surface area contributed by atoms with Crippen molar-refractivity contribution in [3.05, 3.63) is 0 Å². The summed E-state index contributed by atoms with van der Waals surface area (Å²) in [5, 5.41) is 5.06. The summed E-state index contributed by atoms with van der Waals surface area (Å²) in [4.78, 5) is 12.8. The molecule has 1 saturated heterocycles. The molecule has 1 aliphatic carbocycles. The highest BCUT2D eigenvalue weighted by atomic mass is 35.5. The summed E-state index contributed by atoms with van der Waals surface area (Å²) in [5.74, 6) is -0.493. The zero-order chi connectivity index (χ0) is 17.8. The third-order valence-electron chi connectivity index (χ3n) is 5.73. The SMILES string of the molecule is CC(C)C(C(=O)NCC1(C)CCNCC1)S(=O)(=O)C1CCCCC1.Cl. The first-order valence-electron chi connectivity index (χ1n) is 9.47. The zero-order valence-corrected chi connectivity index (χ0v) is 17.5. The number of rotatable bonds is 6. The number of carbonyl (C=O) groups excluding carboxylic acids is 1. The van der Waals surface area contributed by atoms with Crippen LogP contribution in [0.4, 0.5) is 0 Å². The van der Waals surface area contributed by atoms with E-state index in [9.17, 15) is 13.2 Å². The first-order chi connectivity index (χ1) is 11.3. The third-order valence-corrected chi connectivity index (χ3v) is 8.60. The summed E-state index contributed by atoms with van der Waals surface area (Å²) in [5.41, 5.74) is 0.0665.